The first-order chi connectivity index (χ1) is 13.1. The third-order valence-electron chi connectivity index (χ3n) is 3.87. The molecule has 0 aliphatic carbocycles. The number of aliphatic hydroxyl groups is 1. The van der Waals surface area contributed by atoms with E-state index in [4.69, 9.17) is 15.4 Å². The second kappa shape index (κ2) is 9.21. The normalized spacial score (nSPS) is 12.9. The van der Waals surface area contributed by atoms with Crippen LogP contribution in [-0.2, 0) is 27.5 Å². The number of alkyl halides is 4. The van der Waals surface area contributed by atoms with E-state index in [2.05, 4.69) is 0 Å². The minimum atomic E-state index is -4.31. The molecule has 0 unspecified atom stereocenters. The second-order valence-electron chi connectivity index (χ2n) is 6.82. The van der Waals surface area contributed by atoms with Crippen LogP contribution in [0.2, 0.25) is 0 Å². The van der Waals surface area contributed by atoms with E-state index in [1.54, 1.807) is 13.8 Å². The van der Waals surface area contributed by atoms with Gasteiger partial charge in [-0.05, 0) is 19.4 Å². The highest BCUT2D eigenvalue weighted by atomic mass is 32.2. The lowest BCUT2D eigenvalue weighted by Gasteiger charge is -2.28. The number of nitrogens with two attached hydrogens (primary N) is 1. The van der Waals surface area contributed by atoms with E-state index in [0.717, 1.165) is 24.3 Å². The quantitative estimate of drug-likeness (QED) is 0.473. The van der Waals surface area contributed by atoms with Crippen molar-refractivity contribution in [1.29, 1.82) is 0 Å². The fourth-order valence-corrected chi connectivity index (χ4v) is 2.47. The van der Waals surface area contributed by atoms with E-state index in [-0.39, 0.29) is 0 Å². The molecule has 5 nitrogen and oxygen atoms in total. The van der Waals surface area contributed by atoms with Gasteiger partial charge in [-0.25, -0.2) is 0 Å². The highest BCUT2D eigenvalue weighted by molar-refractivity contribution is 7.85. The molecule has 0 radical (unpaired) electrons. The fraction of sp³-hybridized carbons (Fsp3) is 0.368. The summed E-state index contributed by atoms with van der Waals surface area (Å²) in [7, 11) is -3.92. The summed E-state index contributed by atoms with van der Waals surface area (Å²) in [4.78, 5) is 0. The molecule has 2 rings (SSSR count). The van der Waals surface area contributed by atoms with Gasteiger partial charge >= 0.3 is 11.8 Å². The first-order valence-electron chi connectivity index (χ1n) is 8.40. The molecule has 0 aliphatic rings. The minimum Gasteiger partial charge on any atom is -0.395 e. The number of halogens is 4. The molecule has 0 saturated carbocycles. The molecule has 2 aromatic rings. The van der Waals surface area contributed by atoms with Gasteiger partial charge in [0.25, 0.3) is 10.1 Å². The predicted octanol–water partition coefficient (Wildman–Crippen LogP) is 3.63. The van der Waals surface area contributed by atoms with Gasteiger partial charge in [0.05, 0.1) is 12.4 Å². The molecule has 0 aliphatic heterocycles. The molecule has 0 spiro atoms. The minimum absolute atomic E-state index is 0.529. The van der Waals surface area contributed by atoms with Crippen LogP contribution >= 0.6 is 0 Å². The molecule has 0 amide bonds. The largest absolute Gasteiger partial charge is 0.395 e. The van der Waals surface area contributed by atoms with Crippen LogP contribution in [0.25, 0.3) is 0 Å². The van der Waals surface area contributed by atoms with Crippen LogP contribution in [0.15, 0.2) is 54.6 Å². The zero-order chi connectivity index (χ0) is 22.5. The van der Waals surface area contributed by atoms with Crippen molar-refractivity contribution in [2.24, 2.45) is 5.73 Å². The highest BCUT2D eigenvalue weighted by Gasteiger charge is 2.58. The van der Waals surface area contributed by atoms with Crippen LogP contribution in [0.1, 0.15) is 30.5 Å². The first kappa shape index (κ1) is 25.0. The number of benzene rings is 2. The van der Waals surface area contributed by atoms with Crippen molar-refractivity contribution in [3.63, 3.8) is 0 Å². The van der Waals surface area contributed by atoms with Gasteiger partial charge < -0.3 is 10.8 Å². The van der Waals surface area contributed by atoms with Gasteiger partial charge in [-0.15, -0.1) is 0 Å². The summed E-state index contributed by atoms with van der Waals surface area (Å²) in [5.74, 6) is -9.19. The van der Waals surface area contributed by atoms with Gasteiger partial charge in [0.2, 0.25) is 0 Å². The Hall–Kier alpha value is -2.01. The van der Waals surface area contributed by atoms with Gasteiger partial charge in [0.15, 0.2) is 0 Å². The Labute approximate surface area is 166 Å². The highest BCUT2D eigenvalue weighted by Crippen LogP contribution is 2.49. The molecule has 0 fully saturated rings. The van der Waals surface area contributed by atoms with Crippen molar-refractivity contribution in [2.45, 2.75) is 31.2 Å². The van der Waals surface area contributed by atoms with Gasteiger partial charge in [0.1, 0.15) is 0 Å². The van der Waals surface area contributed by atoms with Gasteiger partial charge in [-0.3, -0.25) is 4.55 Å². The molecule has 0 saturated heterocycles. The average molecular weight is 437 g/mol. The van der Waals surface area contributed by atoms with Crippen molar-refractivity contribution in [3.05, 3.63) is 71.3 Å². The summed E-state index contributed by atoms with van der Waals surface area (Å²) in [6.45, 7) is 2.89. The molecule has 0 bridgehead atoms. The van der Waals surface area contributed by atoms with E-state index in [1.165, 1.54) is 30.3 Å². The van der Waals surface area contributed by atoms with Crippen LogP contribution in [0.3, 0.4) is 0 Å². The maximum atomic E-state index is 14.3. The summed E-state index contributed by atoms with van der Waals surface area (Å²) in [5.41, 5.74) is 4.26. The van der Waals surface area contributed by atoms with Gasteiger partial charge in [0, 0.05) is 16.7 Å². The number of rotatable bonds is 6. The zero-order valence-corrected chi connectivity index (χ0v) is 16.6. The molecule has 4 N–H and O–H groups in total. The molecule has 0 aromatic heterocycles. The van der Waals surface area contributed by atoms with Crippen LogP contribution in [0.5, 0.6) is 0 Å². The van der Waals surface area contributed by atoms with Gasteiger partial charge in [-0.1, -0.05) is 54.6 Å². The topological polar surface area (TPSA) is 101 Å². The summed E-state index contributed by atoms with van der Waals surface area (Å²) in [5, 5.41) is 7.86. The zero-order valence-electron chi connectivity index (χ0n) is 15.8. The Morgan fingerprint density at radius 1 is 0.828 bits per heavy atom. The third kappa shape index (κ3) is 6.77. The fourth-order valence-electron chi connectivity index (χ4n) is 2.23. The lowest BCUT2D eigenvalue weighted by Crippen LogP contribution is -2.36. The van der Waals surface area contributed by atoms with Crippen LogP contribution < -0.4 is 5.73 Å². The molecule has 10 heteroatoms. The maximum Gasteiger partial charge on any atom is 0.339 e. The summed E-state index contributed by atoms with van der Waals surface area (Å²) in [6, 6.07) is 10.8. The van der Waals surface area contributed by atoms with Crippen molar-refractivity contribution < 1.29 is 35.6 Å². The Balaban J connectivity index is 0.000000516. The predicted molar refractivity (Wildman–Crippen MR) is 101 cm³/mol. The van der Waals surface area contributed by atoms with E-state index < -0.39 is 51.0 Å². The molecule has 0 heterocycles. The second-order valence-corrected chi connectivity index (χ2v) is 8.40. The lowest BCUT2D eigenvalue weighted by atomic mass is 9.91. The molecule has 2 aromatic carbocycles. The Kier molecular flexibility index (Phi) is 7.94. The number of hydrogen-bond donors (Lipinski definition) is 3. The van der Waals surface area contributed by atoms with E-state index in [1.807, 2.05) is 0 Å². The molecule has 0 atom stereocenters. The van der Waals surface area contributed by atoms with Crippen LogP contribution in [0.4, 0.5) is 17.6 Å². The summed E-state index contributed by atoms with van der Waals surface area (Å²) < 4.78 is 84.0. The van der Waals surface area contributed by atoms with Crippen LogP contribution in [0, 0.1) is 0 Å². The standard InChI is InChI=1S/C17H17F4N.C2H6O4S/c1-15(2,22)12-8-10-14(11-9-12)17(20,21)16(18,19)13-6-4-3-5-7-13;3-1-2-7(4,5)6/h3-11H,22H2,1-2H3;3H,1-2H2,(H,4,5,6). The van der Waals surface area contributed by atoms with Crippen molar-refractivity contribution in [1.82, 2.24) is 0 Å². The average Bonchev–Trinajstić information content (AvgIpc) is 2.61. The molecule has 162 valence electrons. The van der Waals surface area contributed by atoms with E-state index in [9.17, 15) is 26.0 Å². The van der Waals surface area contributed by atoms with Crippen molar-refractivity contribution >= 4 is 10.1 Å². The lowest BCUT2D eigenvalue weighted by molar-refractivity contribution is -0.223. The van der Waals surface area contributed by atoms with Crippen molar-refractivity contribution in [3.8, 4) is 0 Å². The van der Waals surface area contributed by atoms with E-state index >= 15 is 0 Å². The molecule has 29 heavy (non-hydrogen) atoms. The summed E-state index contributed by atoms with van der Waals surface area (Å²) in [6.07, 6.45) is 0. The smallest absolute Gasteiger partial charge is 0.339 e. The van der Waals surface area contributed by atoms with Gasteiger partial charge in [-0.2, -0.15) is 26.0 Å². The Morgan fingerprint density at radius 3 is 1.52 bits per heavy atom. The molecular weight excluding hydrogens is 414 g/mol. The Bertz CT molecular complexity index is 881. The van der Waals surface area contributed by atoms with Crippen molar-refractivity contribution in [2.75, 3.05) is 12.4 Å². The Morgan fingerprint density at radius 2 is 1.21 bits per heavy atom. The van der Waals surface area contributed by atoms with E-state index in [0.29, 0.717) is 5.56 Å². The third-order valence-corrected chi connectivity index (χ3v) is 4.57. The van der Waals surface area contributed by atoms with Crippen LogP contribution in [-0.4, -0.2) is 30.4 Å². The summed E-state index contributed by atoms with van der Waals surface area (Å²) >= 11 is 0. The SMILES string of the molecule is CC(C)(N)c1ccc(C(F)(F)C(F)(F)c2ccccc2)cc1.O=S(=O)(O)CCO. The number of aliphatic hydroxyl groups excluding tert-OH is 1. The molecular formula is C19H23F4NO4S. The monoisotopic (exact) mass is 437 g/mol. The first-order valence-corrected chi connectivity index (χ1v) is 10.0. The number of hydrogen-bond acceptors (Lipinski definition) is 4. The maximum absolute atomic E-state index is 14.3.